The molecule has 0 aliphatic carbocycles. The second-order valence-electron chi connectivity index (χ2n) is 14.4. The van der Waals surface area contributed by atoms with Crippen LogP contribution in [0.4, 0.5) is 0 Å². The molecule has 0 saturated heterocycles. The lowest BCUT2D eigenvalue weighted by atomic mass is 9.97. The average molecular weight is 747 g/mol. The van der Waals surface area contributed by atoms with Gasteiger partial charge in [-0.3, -0.25) is 0 Å². The Kier molecular flexibility index (Phi) is 7.03. The first-order valence-corrected chi connectivity index (χ1v) is 19.8. The van der Waals surface area contributed by atoms with Crippen LogP contribution in [0.15, 0.2) is 186 Å². The highest BCUT2D eigenvalue weighted by Crippen LogP contribution is 2.43. The van der Waals surface area contributed by atoms with Crippen molar-refractivity contribution in [1.82, 2.24) is 19.5 Å². The minimum atomic E-state index is 0.647. The van der Waals surface area contributed by atoms with Crippen molar-refractivity contribution in [2.75, 3.05) is 0 Å². The zero-order valence-electron chi connectivity index (χ0n) is 30.4. The van der Waals surface area contributed by atoms with Gasteiger partial charge >= 0.3 is 0 Å². The van der Waals surface area contributed by atoms with Crippen LogP contribution in [0.3, 0.4) is 0 Å². The Labute approximate surface area is 330 Å². The third-order valence-electron chi connectivity index (χ3n) is 11.1. The van der Waals surface area contributed by atoms with Gasteiger partial charge in [0.2, 0.25) is 0 Å². The Bertz CT molecular complexity index is 3420. The first-order chi connectivity index (χ1) is 28.2. The van der Waals surface area contributed by atoms with Crippen molar-refractivity contribution in [3.8, 4) is 51.0 Å². The lowest BCUT2D eigenvalue weighted by Crippen LogP contribution is -2.00. The average Bonchev–Trinajstić information content (AvgIpc) is 3.96. The van der Waals surface area contributed by atoms with E-state index < -0.39 is 0 Å². The van der Waals surface area contributed by atoms with Crippen LogP contribution in [0, 0.1) is 0 Å². The summed E-state index contributed by atoms with van der Waals surface area (Å²) in [6, 6.07) is 63.8. The Morgan fingerprint density at radius 2 is 0.930 bits per heavy atom. The van der Waals surface area contributed by atoms with E-state index in [0.29, 0.717) is 17.5 Å². The molecule has 0 N–H and O–H groups in total. The van der Waals surface area contributed by atoms with Gasteiger partial charge in [0, 0.05) is 58.4 Å². The number of thiophene rings is 1. The molecule has 57 heavy (non-hydrogen) atoms. The first kappa shape index (κ1) is 31.9. The van der Waals surface area contributed by atoms with Gasteiger partial charge in [0.15, 0.2) is 23.1 Å². The van der Waals surface area contributed by atoms with Gasteiger partial charge in [-0.2, -0.15) is 0 Å². The number of hydrogen-bond acceptors (Lipinski definition) is 5. The first-order valence-electron chi connectivity index (χ1n) is 19.0. The summed E-state index contributed by atoms with van der Waals surface area (Å²) in [4.78, 5) is 14.9. The maximum atomic E-state index is 6.82. The van der Waals surface area contributed by atoms with E-state index in [1.807, 2.05) is 60.7 Å². The van der Waals surface area contributed by atoms with E-state index in [1.54, 1.807) is 11.3 Å². The van der Waals surface area contributed by atoms with Crippen LogP contribution >= 0.6 is 11.3 Å². The molecule has 0 fully saturated rings. The standard InChI is InChI=1S/C51H30N4OS/c1-3-13-31(14-4-1)49-52-50(32-15-5-2-6-16-32)54-51(53-49)34-26-28-46-40(30-34)39-29-33(25-27-45(39)57-46)35-19-12-24-44-47(35)38-20-11-23-43(48(38)56-44)55-41-21-9-7-17-36(41)37-18-8-10-22-42(37)55/h1-30H. The number of benzene rings is 8. The van der Waals surface area contributed by atoms with E-state index in [9.17, 15) is 0 Å². The minimum absolute atomic E-state index is 0.647. The Morgan fingerprint density at radius 3 is 1.58 bits per heavy atom. The van der Waals surface area contributed by atoms with Crippen molar-refractivity contribution in [2.45, 2.75) is 0 Å². The van der Waals surface area contributed by atoms with Crippen LogP contribution in [0.2, 0.25) is 0 Å². The molecule has 12 aromatic rings. The van der Waals surface area contributed by atoms with E-state index in [1.165, 1.54) is 30.9 Å². The maximum Gasteiger partial charge on any atom is 0.164 e. The van der Waals surface area contributed by atoms with Gasteiger partial charge in [-0.15, -0.1) is 11.3 Å². The number of fused-ring (bicyclic) bond motifs is 9. The largest absolute Gasteiger partial charge is 0.454 e. The molecule has 0 aliphatic heterocycles. The number of hydrogen-bond donors (Lipinski definition) is 0. The molecule has 6 heteroatoms. The third-order valence-corrected chi connectivity index (χ3v) is 12.2. The Balaban J connectivity index is 1.02. The summed E-state index contributed by atoms with van der Waals surface area (Å²) in [6.45, 7) is 0. The smallest absolute Gasteiger partial charge is 0.164 e. The quantitative estimate of drug-likeness (QED) is 0.176. The highest BCUT2D eigenvalue weighted by atomic mass is 32.1. The zero-order chi connectivity index (χ0) is 37.5. The van der Waals surface area contributed by atoms with Crippen molar-refractivity contribution < 1.29 is 4.42 Å². The summed E-state index contributed by atoms with van der Waals surface area (Å²) in [5.74, 6) is 1.95. The lowest BCUT2D eigenvalue weighted by Gasteiger charge is -2.09. The summed E-state index contributed by atoms with van der Waals surface area (Å²) in [6.07, 6.45) is 0. The highest BCUT2D eigenvalue weighted by Gasteiger charge is 2.20. The normalized spacial score (nSPS) is 11.9. The second kappa shape index (κ2) is 12.6. The summed E-state index contributed by atoms with van der Waals surface area (Å²) in [5, 5.41) is 7.04. The summed E-state index contributed by atoms with van der Waals surface area (Å²) in [5.41, 5.74) is 10.2. The van der Waals surface area contributed by atoms with E-state index in [2.05, 4.69) is 126 Å². The lowest BCUT2D eigenvalue weighted by molar-refractivity contribution is 0.666. The second-order valence-corrected chi connectivity index (χ2v) is 15.5. The fraction of sp³-hybridized carbons (Fsp3) is 0. The van der Waals surface area contributed by atoms with E-state index in [4.69, 9.17) is 19.4 Å². The van der Waals surface area contributed by atoms with Crippen LogP contribution in [-0.2, 0) is 0 Å². The molecule has 5 nitrogen and oxygen atoms in total. The maximum absolute atomic E-state index is 6.82. The molecular formula is C51H30N4OS. The van der Waals surface area contributed by atoms with Crippen molar-refractivity contribution in [3.63, 3.8) is 0 Å². The van der Waals surface area contributed by atoms with Crippen molar-refractivity contribution in [1.29, 1.82) is 0 Å². The van der Waals surface area contributed by atoms with Gasteiger partial charge in [-0.25, -0.2) is 15.0 Å². The molecule has 0 bridgehead atoms. The van der Waals surface area contributed by atoms with Crippen molar-refractivity contribution in [2.24, 2.45) is 0 Å². The third kappa shape index (κ3) is 5.04. The molecular weight excluding hydrogens is 717 g/mol. The molecule has 0 radical (unpaired) electrons. The molecule has 0 saturated carbocycles. The number of rotatable bonds is 5. The van der Waals surface area contributed by atoms with Crippen LogP contribution < -0.4 is 0 Å². The number of para-hydroxylation sites is 3. The fourth-order valence-corrected chi connectivity index (χ4v) is 9.52. The van der Waals surface area contributed by atoms with E-state index in [0.717, 1.165) is 66.5 Å². The zero-order valence-corrected chi connectivity index (χ0v) is 31.2. The van der Waals surface area contributed by atoms with Crippen LogP contribution in [0.5, 0.6) is 0 Å². The van der Waals surface area contributed by atoms with Crippen molar-refractivity contribution in [3.05, 3.63) is 182 Å². The van der Waals surface area contributed by atoms with Gasteiger partial charge in [-0.1, -0.05) is 127 Å². The van der Waals surface area contributed by atoms with Gasteiger partial charge in [0.25, 0.3) is 0 Å². The van der Waals surface area contributed by atoms with E-state index >= 15 is 0 Å². The number of aromatic nitrogens is 4. The summed E-state index contributed by atoms with van der Waals surface area (Å²) < 4.78 is 11.6. The molecule has 0 atom stereocenters. The van der Waals surface area contributed by atoms with Crippen LogP contribution in [0.1, 0.15) is 0 Å². The van der Waals surface area contributed by atoms with Gasteiger partial charge in [0.05, 0.1) is 16.7 Å². The molecule has 4 heterocycles. The Hall–Kier alpha value is -7.41. The van der Waals surface area contributed by atoms with Gasteiger partial charge in [-0.05, 0) is 65.7 Å². The highest BCUT2D eigenvalue weighted by molar-refractivity contribution is 7.25. The molecule has 8 aromatic carbocycles. The molecule has 0 amide bonds. The predicted molar refractivity (Wildman–Crippen MR) is 236 cm³/mol. The summed E-state index contributed by atoms with van der Waals surface area (Å²) in [7, 11) is 0. The number of furan rings is 1. The number of nitrogens with zero attached hydrogens (tertiary/aromatic N) is 4. The summed E-state index contributed by atoms with van der Waals surface area (Å²) >= 11 is 1.81. The molecule has 0 spiro atoms. The predicted octanol–water partition coefficient (Wildman–Crippen LogP) is 13.9. The topological polar surface area (TPSA) is 56.7 Å². The van der Waals surface area contributed by atoms with Crippen LogP contribution in [0.25, 0.3) is 115 Å². The molecule has 0 unspecified atom stereocenters. The monoisotopic (exact) mass is 746 g/mol. The Morgan fingerprint density at radius 1 is 0.404 bits per heavy atom. The molecule has 266 valence electrons. The SMILES string of the molecule is c1ccc(-c2nc(-c3ccccc3)nc(-c3ccc4sc5ccc(-c6cccc7oc8c(-n9c%10ccccc%10c%10ccccc%109)cccc8c67)cc5c4c3)n2)cc1. The van der Waals surface area contributed by atoms with Gasteiger partial charge in [0.1, 0.15) is 5.58 Å². The van der Waals surface area contributed by atoms with Gasteiger partial charge < -0.3 is 8.98 Å². The fourth-order valence-electron chi connectivity index (χ4n) is 8.45. The molecule has 4 aromatic heterocycles. The van der Waals surface area contributed by atoms with Crippen molar-refractivity contribution >= 4 is 75.3 Å². The minimum Gasteiger partial charge on any atom is -0.454 e. The molecule has 0 aliphatic rings. The van der Waals surface area contributed by atoms with Crippen LogP contribution in [-0.4, -0.2) is 19.5 Å². The molecule has 12 rings (SSSR count). The van der Waals surface area contributed by atoms with E-state index in [-0.39, 0.29) is 0 Å².